The molecule has 2 heterocycles. The highest BCUT2D eigenvalue weighted by atomic mass is 35.5. The molecule has 0 radical (unpaired) electrons. The van der Waals surface area contributed by atoms with Gasteiger partial charge in [0, 0.05) is 21.2 Å². The predicted octanol–water partition coefficient (Wildman–Crippen LogP) is 5.53. The number of benzene rings is 3. The number of hydrogen-bond acceptors (Lipinski definition) is 4. The van der Waals surface area contributed by atoms with Crippen LogP contribution in [0.4, 0.5) is 11.4 Å². The smallest absolute Gasteiger partial charge is 0.239 e. The summed E-state index contributed by atoms with van der Waals surface area (Å²) in [6.45, 7) is 0. The topological polar surface area (TPSA) is 51.0 Å². The van der Waals surface area contributed by atoms with Gasteiger partial charge in [-0.15, -0.1) is 22.0 Å². The number of thioether (sulfide) groups is 1. The fraction of sp³-hybridized carbons (Fsp3) is 0.0870. The fourth-order valence-electron chi connectivity index (χ4n) is 3.76. The van der Waals surface area contributed by atoms with Crippen LogP contribution in [0.1, 0.15) is 5.82 Å². The molecule has 0 saturated heterocycles. The number of aromatic nitrogens is 3. The molecule has 4 aromatic rings. The average Bonchev–Trinajstić information content (AvgIpc) is 3.13. The molecular formula is C23H17ClN4OS. The lowest BCUT2D eigenvalue weighted by molar-refractivity contribution is -0.117. The normalized spacial score (nSPS) is 13.0. The van der Waals surface area contributed by atoms with Crippen molar-refractivity contribution in [1.29, 1.82) is 0 Å². The minimum Gasteiger partial charge on any atom is -0.278 e. The van der Waals surface area contributed by atoms with Crippen LogP contribution in [0.25, 0.3) is 17.1 Å². The molecule has 5 nitrogen and oxygen atoms in total. The molecule has 1 aliphatic heterocycles. The van der Waals surface area contributed by atoms with E-state index in [1.54, 1.807) is 16.7 Å². The molecule has 5 rings (SSSR count). The van der Waals surface area contributed by atoms with Gasteiger partial charge in [0.1, 0.15) is 5.82 Å². The lowest BCUT2D eigenvalue weighted by Crippen LogP contribution is -2.26. The van der Waals surface area contributed by atoms with Crippen molar-refractivity contribution in [1.82, 2.24) is 14.8 Å². The summed E-state index contributed by atoms with van der Waals surface area (Å²) in [6.07, 6.45) is 2.17. The third-order valence-electron chi connectivity index (χ3n) is 5.07. The van der Waals surface area contributed by atoms with Gasteiger partial charge in [-0.2, -0.15) is 0 Å². The van der Waals surface area contributed by atoms with Crippen LogP contribution in [0.2, 0.25) is 5.02 Å². The third-order valence-corrected chi connectivity index (χ3v) is 6.10. The molecule has 0 saturated carbocycles. The molecule has 0 atom stereocenters. The molecule has 0 bridgehead atoms. The number of carbonyl (C=O) groups excluding carboxylic acids is 1. The van der Waals surface area contributed by atoms with Gasteiger partial charge in [-0.3, -0.25) is 14.3 Å². The molecule has 0 unspecified atom stereocenters. The molecule has 0 spiro atoms. The Morgan fingerprint density at radius 3 is 2.50 bits per heavy atom. The molecule has 0 aliphatic carbocycles. The fourth-order valence-corrected chi connectivity index (χ4v) is 4.52. The van der Waals surface area contributed by atoms with Crippen molar-refractivity contribution in [2.75, 3.05) is 11.2 Å². The third kappa shape index (κ3) is 3.09. The highest BCUT2D eigenvalue weighted by Crippen LogP contribution is 2.39. The van der Waals surface area contributed by atoms with Gasteiger partial charge in [0.15, 0.2) is 5.82 Å². The highest BCUT2D eigenvalue weighted by molar-refractivity contribution is 7.98. The summed E-state index contributed by atoms with van der Waals surface area (Å²) in [5, 5.41) is 9.42. The Bertz CT molecular complexity index is 1260. The van der Waals surface area contributed by atoms with Crippen molar-refractivity contribution in [3.8, 4) is 17.1 Å². The lowest BCUT2D eigenvalue weighted by atomic mass is 10.2. The van der Waals surface area contributed by atoms with Crippen molar-refractivity contribution < 1.29 is 4.79 Å². The second kappa shape index (κ2) is 7.63. The molecule has 7 heteroatoms. The van der Waals surface area contributed by atoms with Crippen LogP contribution in [0.15, 0.2) is 77.7 Å². The van der Waals surface area contributed by atoms with Crippen molar-refractivity contribution in [3.05, 3.63) is 83.6 Å². The Labute approximate surface area is 183 Å². The second-order valence-electron chi connectivity index (χ2n) is 6.85. The summed E-state index contributed by atoms with van der Waals surface area (Å²) < 4.78 is 1.97. The van der Waals surface area contributed by atoms with Gasteiger partial charge in [0.05, 0.1) is 17.8 Å². The molecule has 1 aromatic heterocycles. The van der Waals surface area contributed by atoms with Gasteiger partial charge in [-0.25, -0.2) is 0 Å². The maximum absolute atomic E-state index is 13.3. The monoisotopic (exact) mass is 432 g/mol. The zero-order valence-corrected chi connectivity index (χ0v) is 17.7. The van der Waals surface area contributed by atoms with E-state index in [0.29, 0.717) is 22.4 Å². The van der Waals surface area contributed by atoms with Crippen LogP contribution in [0.3, 0.4) is 0 Å². The van der Waals surface area contributed by atoms with Crippen molar-refractivity contribution in [2.24, 2.45) is 0 Å². The molecular weight excluding hydrogens is 416 g/mol. The maximum Gasteiger partial charge on any atom is 0.239 e. The summed E-state index contributed by atoms with van der Waals surface area (Å²) in [4.78, 5) is 16.1. The molecule has 1 amide bonds. The summed E-state index contributed by atoms with van der Waals surface area (Å²) in [7, 11) is 0. The van der Waals surface area contributed by atoms with E-state index in [0.717, 1.165) is 21.8 Å². The molecule has 1 aliphatic rings. The number of anilines is 2. The average molecular weight is 433 g/mol. The van der Waals surface area contributed by atoms with E-state index < -0.39 is 0 Å². The summed E-state index contributed by atoms with van der Waals surface area (Å²) >= 11 is 8.01. The van der Waals surface area contributed by atoms with Gasteiger partial charge in [-0.05, 0) is 42.7 Å². The second-order valence-corrected chi connectivity index (χ2v) is 8.13. The Kier molecular flexibility index (Phi) is 4.81. The predicted molar refractivity (Wildman–Crippen MR) is 121 cm³/mol. The molecule has 30 heavy (non-hydrogen) atoms. The van der Waals surface area contributed by atoms with Crippen LogP contribution in [-0.2, 0) is 11.2 Å². The van der Waals surface area contributed by atoms with Crippen LogP contribution in [0.5, 0.6) is 0 Å². The molecule has 148 valence electrons. The number of hydrogen-bond donors (Lipinski definition) is 0. The number of para-hydroxylation sites is 1. The zero-order chi connectivity index (χ0) is 20.7. The van der Waals surface area contributed by atoms with E-state index >= 15 is 0 Å². The number of rotatable bonds is 3. The van der Waals surface area contributed by atoms with E-state index in [4.69, 9.17) is 11.6 Å². The minimum atomic E-state index is -0.0828. The van der Waals surface area contributed by atoms with E-state index in [-0.39, 0.29) is 12.3 Å². The SMILES string of the molecule is CSc1ccccc1-c1nnc2n1-c1ccc(Cl)cc1N(c1ccccc1)C(=O)C2. The minimum absolute atomic E-state index is 0.0828. The Hall–Kier alpha value is -3.09. The number of fused-ring (bicyclic) bond motifs is 3. The first-order valence-corrected chi connectivity index (χ1v) is 11.0. The van der Waals surface area contributed by atoms with E-state index in [9.17, 15) is 4.79 Å². The van der Waals surface area contributed by atoms with Crippen LogP contribution in [0, 0.1) is 0 Å². The van der Waals surface area contributed by atoms with Crippen LogP contribution >= 0.6 is 23.4 Å². The van der Waals surface area contributed by atoms with Gasteiger partial charge >= 0.3 is 0 Å². The first kappa shape index (κ1) is 18.9. The Balaban J connectivity index is 1.79. The summed E-state index contributed by atoms with van der Waals surface area (Å²) in [6, 6.07) is 23.2. The Morgan fingerprint density at radius 1 is 0.933 bits per heavy atom. The molecule has 3 aromatic carbocycles. The summed E-state index contributed by atoms with van der Waals surface area (Å²) in [5.74, 6) is 1.23. The van der Waals surface area contributed by atoms with Gasteiger partial charge < -0.3 is 0 Å². The zero-order valence-electron chi connectivity index (χ0n) is 16.1. The largest absolute Gasteiger partial charge is 0.278 e. The number of halogens is 1. The quantitative estimate of drug-likeness (QED) is 0.399. The van der Waals surface area contributed by atoms with Gasteiger partial charge in [-0.1, -0.05) is 48.0 Å². The number of amides is 1. The first-order valence-electron chi connectivity index (χ1n) is 9.43. The first-order chi connectivity index (χ1) is 14.7. The van der Waals surface area contributed by atoms with Gasteiger partial charge in [0.2, 0.25) is 5.91 Å². The lowest BCUT2D eigenvalue weighted by Gasteiger charge is -2.23. The van der Waals surface area contributed by atoms with Crippen LogP contribution < -0.4 is 4.90 Å². The van der Waals surface area contributed by atoms with E-state index in [2.05, 4.69) is 16.3 Å². The van der Waals surface area contributed by atoms with Crippen LogP contribution in [-0.4, -0.2) is 26.9 Å². The van der Waals surface area contributed by atoms with Gasteiger partial charge in [0.25, 0.3) is 0 Å². The summed E-state index contributed by atoms with van der Waals surface area (Å²) in [5.41, 5.74) is 3.29. The van der Waals surface area contributed by atoms with Crippen molar-refractivity contribution in [3.63, 3.8) is 0 Å². The van der Waals surface area contributed by atoms with Crippen molar-refractivity contribution >= 4 is 40.6 Å². The molecule has 0 fully saturated rings. The highest BCUT2D eigenvalue weighted by Gasteiger charge is 2.31. The Morgan fingerprint density at radius 2 is 1.70 bits per heavy atom. The van der Waals surface area contributed by atoms with Crippen molar-refractivity contribution in [2.45, 2.75) is 11.3 Å². The van der Waals surface area contributed by atoms with E-state index in [1.807, 2.05) is 77.6 Å². The molecule has 0 N–H and O–H groups in total. The number of carbonyl (C=O) groups is 1. The number of nitrogens with zero attached hydrogens (tertiary/aromatic N) is 4. The van der Waals surface area contributed by atoms with E-state index in [1.165, 1.54) is 0 Å². The maximum atomic E-state index is 13.3. The standard InChI is InChI=1S/C23H17ClN4OS/c1-30-20-10-6-5-9-17(20)23-26-25-21-14-22(29)27(16-7-3-2-4-8-16)19-13-15(24)11-12-18(19)28(21)23/h2-13H,14H2,1H3.